The van der Waals surface area contributed by atoms with Gasteiger partial charge in [0.25, 0.3) is 5.91 Å². The molecule has 2 rings (SSSR count). The molecule has 1 heterocycles. The molecule has 0 aliphatic heterocycles. The first-order valence-electron chi connectivity index (χ1n) is 7.18. The first kappa shape index (κ1) is 15.1. The number of pyridine rings is 1. The second-order valence-corrected chi connectivity index (χ2v) is 5.37. The molecule has 0 unspecified atom stereocenters. The lowest BCUT2D eigenvalue weighted by Crippen LogP contribution is -2.30. The van der Waals surface area contributed by atoms with Crippen molar-refractivity contribution in [3.05, 3.63) is 40.2 Å². The lowest BCUT2D eigenvalue weighted by atomic mass is 10.1. The summed E-state index contributed by atoms with van der Waals surface area (Å²) in [5.74, 6) is -0.346. The number of nitrogens with zero attached hydrogens (tertiary/aromatic N) is 1. The Labute approximate surface area is 123 Å². The molecule has 5 nitrogen and oxygen atoms in total. The van der Waals surface area contributed by atoms with Crippen LogP contribution in [0.2, 0.25) is 0 Å². The van der Waals surface area contributed by atoms with E-state index in [1.54, 1.807) is 12.3 Å². The summed E-state index contributed by atoms with van der Waals surface area (Å²) in [4.78, 5) is 24.8. The second-order valence-electron chi connectivity index (χ2n) is 5.37. The van der Waals surface area contributed by atoms with Crippen LogP contribution in [0, 0.1) is 0 Å². The van der Waals surface area contributed by atoms with Gasteiger partial charge in [-0.2, -0.15) is 0 Å². The molecule has 3 N–H and O–H groups in total. The minimum atomic E-state index is -0.346. The number of nitrogen functional groups attached to an aromatic ring is 1. The molecular weight excluding hydrogens is 266 g/mol. The third kappa shape index (κ3) is 2.77. The van der Waals surface area contributed by atoms with Gasteiger partial charge in [0, 0.05) is 24.5 Å². The van der Waals surface area contributed by atoms with Crippen LogP contribution in [0.3, 0.4) is 0 Å². The van der Waals surface area contributed by atoms with Crippen molar-refractivity contribution in [2.75, 3.05) is 12.3 Å². The van der Waals surface area contributed by atoms with Crippen LogP contribution in [0.4, 0.5) is 5.69 Å². The normalized spacial score (nSPS) is 11.0. The third-order valence-corrected chi connectivity index (χ3v) is 3.43. The van der Waals surface area contributed by atoms with Gasteiger partial charge in [0.05, 0.1) is 10.9 Å². The van der Waals surface area contributed by atoms with E-state index in [0.717, 1.165) is 11.9 Å². The maximum absolute atomic E-state index is 12.6. The largest absolute Gasteiger partial charge is 0.398 e. The number of hydrogen-bond donors (Lipinski definition) is 2. The number of amides is 1. The molecule has 1 aromatic carbocycles. The zero-order chi connectivity index (χ0) is 15.6. The average Bonchev–Trinajstić information content (AvgIpc) is 2.44. The lowest BCUT2D eigenvalue weighted by Gasteiger charge is -2.17. The summed E-state index contributed by atoms with van der Waals surface area (Å²) in [7, 11) is 0. The number of fused-ring (bicyclic) bond motifs is 1. The van der Waals surface area contributed by atoms with E-state index >= 15 is 0 Å². The Bertz CT molecular complexity index is 732. The molecule has 0 saturated carbocycles. The molecule has 0 bridgehead atoms. The minimum absolute atomic E-state index is 0.118. The molecule has 0 spiro atoms. The van der Waals surface area contributed by atoms with E-state index in [1.807, 2.05) is 37.5 Å². The highest BCUT2D eigenvalue weighted by molar-refractivity contribution is 6.00. The molecule has 0 saturated heterocycles. The predicted molar refractivity (Wildman–Crippen MR) is 85.6 cm³/mol. The Morgan fingerprint density at radius 1 is 1.38 bits per heavy atom. The van der Waals surface area contributed by atoms with Gasteiger partial charge in [-0.05, 0) is 32.4 Å². The monoisotopic (exact) mass is 287 g/mol. The number of rotatable bonds is 4. The van der Waals surface area contributed by atoms with Crippen molar-refractivity contribution in [1.29, 1.82) is 0 Å². The quantitative estimate of drug-likeness (QED) is 0.847. The van der Waals surface area contributed by atoms with Crippen molar-refractivity contribution in [2.24, 2.45) is 0 Å². The van der Waals surface area contributed by atoms with Crippen LogP contribution in [-0.2, 0) is 0 Å². The van der Waals surface area contributed by atoms with Crippen LogP contribution in [0.15, 0.2) is 29.2 Å². The van der Waals surface area contributed by atoms with Crippen LogP contribution in [-0.4, -0.2) is 17.0 Å². The predicted octanol–water partition coefficient (Wildman–Crippen LogP) is 2.30. The summed E-state index contributed by atoms with van der Waals surface area (Å²) in [5.41, 5.74) is 6.93. The third-order valence-electron chi connectivity index (χ3n) is 3.43. The van der Waals surface area contributed by atoms with Crippen molar-refractivity contribution in [1.82, 2.24) is 9.88 Å². The number of anilines is 1. The Balaban J connectivity index is 2.73. The number of aromatic nitrogens is 1. The van der Waals surface area contributed by atoms with Gasteiger partial charge in [-0.1, -0.05) is 13.0 Å². The molecule has 112 valence electrons. The highest BCUT2D eigenvalue weighted by Crippen LogP contribution is 2.21. The van der Waals surface area contributed by atoms with E-state index in [4.69, 9.17) is 5.73 Å². The number of benzene rings is 1. The molecule has 21 heavy (non-hydrogen) atoms. The van der Waals surface area contributed by atoms with E-state index in [-0.39, 0.29) is 22.9 Å². The van der Waals surface area contributed by atoms with Gasteiger partial charge < -0.3 is 15.6 Å². The topological polar surface area (TPSA) is 77.1 Å². The summed E-state index contributed by atoms with van der Waals surface area (Å²) < 4.78 is 1.91. The molecule has 0 aliphatic rings. The highest BCUT2D eigenvalue weighted by atomic mass is 16.2. The van der Waals surface area contributed by atoms with Gasteiger partial charge in [-0.25, -0.2) is 0 Å². The molecule has 5 heteroatoms. The van der Waals surface area contributed by atoms with Crippen LogP contribution in [0.5, 0.6) is 0 Å². The Hall–Kier alpha value is -2.30. The van der Waals surface area contributed by atoms with Crippen molar-refractivity contribution in [2.45, 2.75) is 33.2 Å². The highest BCUT2D eigenvalue weighted by Gasteiger charge is 2.17. The van der Waals surface area contributed by atoms with Crippen LogP contribution < -0.4 is 16.5 Å². The number of carbonyl (C=O) groups is 1. The van der Waals surface area contributed by atoms with Gasteiger partial charge in [0.1, 0.15) is 5.56 Å². The maximum atomic E-state index is 12.6. The number of hydrogen-bond acceptors (Lipinski definition) is 3. The molecule has 0 radical (unpaired) electrons. The van der Waals surface area contributed by atoms with E-state index in [1.165, 1.54) is 0 Å². The van der Waals surface area contributed by atoms with Crippen LogP contribution in [0.25, 0.3) is 10.9 Å². The van der Waals surface area contributed by atoms with E-state index in [9.17, 15) is 9.59 Å². The molecule has 0 fully saturated rings. The van der Waals surface area contributed by atoms with Crippen LogP contribution in [0.1, 0.15) is 43.6 Å². The lowest BCUT2D eigenvalue weighted by molar-refractivity contribution is 0.0952. The number of nitrogens with one attached hydrogen (secondary N) is 1. The first-order valence-corrected chi connectivity index (χ1v) is 7.18. The van der Waals surface area contributed by atoms with Gasteiger partial charge in [-0.3, -0.25) is 9.59 Å². The molecule has 0 atom stereocenters. The molecular formula is C16H21N3O2. The standard InChI is InChI=1S/C16H21N3O2/c1-4-8-18-16(21)11-9-19(10(2)3)13-7-5-6-12(17)14(13)15(11)20/h5-7,9-10H,4,8,17H2,1-3H3,(H,18,21). The summed E-state index contributed by atoms with van der Waals surface area (Å²) in [6.45, 7) is 6.51. The second kappa shape index (κ2) is 5.99. The SMILES string of the molecule is CCCNC(=O)c1cn(C(C)C)c2cccc(N)c2c1=O. The fourth-order valence-corrected chi connectivity index (χ4v) is 2.34. The van der Waals surface area contributed by atoms with Crippen molar-refractivity contribution in [3.63, 3.8) is 0 Å². The first-order chi connectivity index (χ1) is 9.97. The molecule has 0 aliphatic carbocycles. The summed E-state index contributed by atoms with van der Waals surface area (Å²) in [6.07, 6.45) is 2.44. The van der Waals surface area contributed by atoms with E-state index in [0.29, 0.717) is 17.6 Å². The smallest absolute Gasteiger partial charge is 0.256 e. The molecule has 2 aromatic rings. The minimum Gasteiger partial charge on any atom is -0.398 e. The van der Waals surface area contributed by atoms with Crippen molar-refractivity contribution >= 4 is 22.5 Å². The summed E-state index contributed by atoms with van der Waals surface area (Å²) >= 11 is 0. The van der Waals surface area contributed by atoms with Crippen molar-refractivity contribution < 1.29 is 4.79 Å². The van der Waals surface area contributed by atoms with Gasteiger partial charge in [0.15, 0.2) is 0 Å². The van der Waals surface area contributed by atoms with Crippen LogP contribution >= 0.6 is 0 Å². The average molecular weight is 287 g/mol. The Kier molecular flexibility index (Phi) is 4.31. The number of carbonyl (C=O) groups excluding carboxylic acids is 1. The fraction of sp³-hybridized carbons (Fsp3) is 0.375. The van der Waals surface area contributed by atoms with Gasteiger partial charge in [-0.15, -0.1) is 0 Å². The fourth-order valence-electron chi connectivity index (χ4n) is 2.34. The zero-order valence-corrected chi connectivity index (χ0v) is 12.6. The Morgan fingerprint density at radius 2 is 2.10 bits per heavy atom. The molecule has 1 aromatic heterocycles. The number of nitrogens with two attached hydrogens (primary N) is 1. The summed E-state index contributed by atoms with van der Waals surface area (Å²) in [5, 5.41) is 3.16. The summed E-state index contributed by atoms with van der Waals surface area (Å²) in [6, 6.07) is 5.46. The van der Waals surface area contributed by atoms with E-state index < -0.39 is 0 Å². The zero-order valence-electron chi connectivity index (χ0n) is 12.6. The van der Waals surface area contributed by atoms with Gasteiger partial charge in [0.2, 0.25) is 5.43 Å². The van der Waals surface area contributed by atoms with Crippen molar-refractivity contribution in [3.8, 4) is 0 Å². The Morgan fingerprint density at radius 3 is 2.71 bits per heavy atom. The maximum Gasteiger partial charge on any atom is 0.256 e. The van der Waals surface area contributed by atoms with E-state index in [2.05, 4.69) is 5.32 Å². The van der Waals surface area contributed by atoms with Gasteiger partial charge >= 0.3 is 0 Å². The molecule has 1 amide bonds.